The van der Waals surface area contributed by atoms with Crippen molar-refractivity contribution >= 4 is 5.96 Å². The zero-order valence-corrected chi connectivity index (χ0v) is 13.2. The van der Waals surface area contributed by atoms with E-state index in [1.165, 1.54) is 17.5 Å². The van der Waals surface area contributed by atoms with E-state index in [0.717, 1.165) is 11.8 Å². The summed E-state index contributed by atoms with van der Waals surface area (Å²) in [6.45, 7) is 1.84. The molecule has 0 bridgehead atoms. The first-order valence-electron chi connectivity index (χ1n) is 7.07. The first-order valence-corrected chi connectivity index (χ1v) is 7.07. The van der Waals surface area contributed by atoms with Crippen LogP contribution >= 0.6 is 0 Å². The highest BCUT2D eigenvalue weighted by atomic mass is 16.5. The number of aliphatic imine (C=N–C) groups is 1. The molecule has 0 aliphatic rings. The quantitative estimate of drug-likeness (QED) is 0.610. The van der Waals surface area contributed by atoms with E-state index in [9.17, 15) is 0 Å². The van der Waals surface area contributed by atoms with Crippen molar-refractivity contribution in [1.29, 1.82) is 0 Å². The summed E-state index contributed by atoms with van der Waals surface area (Å²) in [5.74, 6) is 1.57. The number of aromatic nitrogens is 3. The van der Waals surface area contributed by atoms with Crippen LogP contribution in [0.1, 0.15) is 17.0 Å². The van der Waals surface area contributed by atoms with Gasteiger partial charge in [0.15, 0.2) is 5.96 Å². The third kappa shape index (κ3) is 4.29. The molecule has 7 heteroatoms. The van der Waals surface area contributed by atoms with Gasteiger partial charge in [-0.1, -0.05) is 24.3 Å². The van der Waals surface area contributed by atoms with Gasteiger partial charge < -0.3 is 15.4 Å². The molecule has 0 aliphatic carbocycles. The molecule has 0 aliphatic heterocycles. The van der Waals surface area contributed by atoms with E-state index in [-0.39, 0.29) is 0 Å². The van der Waals surface area contributed by atoms with Gasteiger partial charge in [0, 0.05) is 27.7 Å². The van der Waals surface area contributed by atoms with Crippen LogP contribution in [0.5, 0.6) is 0 Å². The number of nitrogens with one attached hydrogen (secondary N) is 2. The number of aryl methyl sites for hydroxylation is 1. The van der Waals surface area contributed by atoms with Gasteiger partial charge in [0.25, 0.3) is 0 Å². The summed E-state index contributed by atoms with van der Waals surface area (Å²) in [5.41, 5.74) is 2.35. The number of methoxy groups -OCH3 is 1. The standard InChI is InChI=1S/C15H22N6O/c1-16-15(18-9-14-19-11-20-21(14)2)17-8-12-6-4-5-7-13(12)10-22-3/h4-7,11H,8-10H2,1-3H3,(H2,16,17,18). The lowest BCUT2D eigenvalue weighted by Crippen LogP contribution is -2.37. The molecule has 0 amide bonds. The molecule has 0 radical (unpaired) electrons. The van der Waals surface area contributed by atoms with Crippen molar-refractivity contribution in [3.05, 3.63) is 47.5 Å². The number of rotatable bonds is 6. The Morgan fingerprint density at radius 2 is 1.95 bits per heavy atom. The van der Waals surface area contributed by atoms with E-state index in [0.29, 0.717) is 19.7 Å². The van der Waals surface area contributed by atoms with Crippen LogP contribution in [0.15, 0.2) is 35.6 Å². The van der Waals surface area contributed by atoms with Gasteiger partial charge in [0.1, 0.15) is 12.2 Å². The lowest BCUT2D eigenvalue weighted by atomic mass is 10.1. The average molecular weight is 302 g/mol. The van der Waals surface area contributed by atoms with Gasteiger partial charge in [-0.2, -0.15) is 5.10 Å². The Balaban J connectivity index is 1.90. The highest BCUT2D eigenvalue weighted by Gasteiger charge is 2.05. The Bertz CT molecular complexity index is 622. The van der Waals surface area contributed by atoms with E-state index in [1.807, 2.05) is 19.2 Å². The smallest absolute Gasteiger partial charge is 0.191 e. The Morgan fingerprint density at radius 1 is 1.23 bits per heavy atom. The first kappa shape index (κ1) is 16.0. The summed E-state index contributed by atoms with van der Waals surface area (Å²) in [6.07, 6.45) is 1.54. The molecule has 0 atom stereocenters. The van der Waals surface area contributed by atoms with Gasteiger partial charge >= 0.3 is 0 Å². The van der Waals surface area contributed by atoms with Crippen LogP contribution in [0.2, 0.25) is 0 Å². The van der Waals surface area contributed by atoms with Crippen LogP contribution in [0.25, 0.3) is 0 Å². The van der Waals surface area contributed by atoms with Gasteiger partial charge in [0.2, 0.25) is 0 Å². The van der Waals surface area contributed by atoms with E-state index < -0.39 is 0 Å². The second kappa shape index (κ2) is 8.14. The van der Waals surface area contributed by atoms with Crippen molar-refractivity contribution in [3.8, 4) is 0 Å². The fourth-order valence-electron chi connectivity index (χ4n) is 2.07. The normalized spacial score (nSPS) is 11.5. The predicted molar refractivity (Wildman–Crippen MR) is 85.2 cm³/mol. The molecule has 0 spiro atoms. The summed E-state index contributed by atoms with van der Waals surface area (Å²) in [7, 11) is 5.31. The molecule has 22 heavy (non-hydrogen) atoms. The third-order valence-electron chi connectivity index (χ3n) is 3.31. The van der Waals surface area contributed by atoms with Gasteiger partial charge in [0.05, 0.1) is 13.2 Å². The minimum atomic E-state index is 0.565. The molecule has 2 aromatic rings. The van der Waals surface area contributed by atoms with Crippen LogP contribution in [-0.2, 0) is 31.5 Å². The average Bonchev–Trinajstić information content (AvgIpc) is 2.94. The maximum atomic E-state index is 5.22. The molecule has 0 saturated carbocycles. The maximum Gasteiger partial charge on any atom is 0.191 e. The number of ether oxygens (including phenoxy) is 1. The van der Waals surface area contributed by atoms with Crippen molar-refractivity contribution in [3.63, 3.8) is 0 Å². The number of benzene rings is 1. The summed E-state index contributed by atoms with van der Waals surface area (Å²) in [5, 5.41) is 10.5. The molecule has 1 aromatic heterocycles. The summed E-state index contributed by atoms with van der Waals surface area (Å²) < 4.78 is 6.95. The fraction of sp³-hybridized carbons (Fsp3) is 0.400. The lowest BCUT2D eigenvalue weighted by Gasteiger charge is -2.13. The van der Waals surface area contributed by atoms with Gasteiger partial charge in [-0.15, -0.1) is 0 Å². The van der Waals surface area contributed by atoms with Gasteiger partial charge in [-0.3, -0.25) is 9.67 Å². The molecule has 2 rings (SSSR count). The second-order valence-electron chi connectivity index (χ2n) is 4.78. The SMILES string of the molecule is CN=C(NCc1ccccc1COC)NCc1ncnn1C. The van der Waals surface area contributed by atoms with E-state index in [2.05, 4.69) is 37.8 Å². The molecule has 0 fully saturated rings. The molecule has 118 valence electrons. The van der Waals surface area contributed by atoms with Crippen LogP contribution in [-0.4, -0.2) is 34.9 Å². The van der Waals surface area contributed by atoms with Gasteiger partial charge in [-0.25, -0.2) is 4.98 Å². The van der Waals surface area contributed by atoms with Crippen molar-refractivity contribution in [2.24, 2.45) is 12.0 Å². The van der Waals surface area contributed by atoms with Crippen LogP contribution in [0, 0.1) is 0 Å². The maximum absolute atomic E-state index is 5.22. The topological polar surface area (TPSA) is 76.4 Å². The molecule has 1 aromatic carbocycles. The molecular weight excluding hydrogens is 280 g/mol. The van der Waals surface area contributed by atoms with Crippen molar-refractivity contribution in [1.82, 2.24) is 25.4 Å². The summed E-state index contributed by atoms with van der Waals surface area (Å²) in [6, 6.07) is 8.18. The lowest BCUT2D eigenvalue weighted by molar-refractivity contribution is 0.184. The van der Waals surface area contributed by atoms with Crippen molar-refractivity contribution in [2.75, 3.05) is 14.2 Å². The Morgan fingerprint density at radius 3 is 2.59 bits per heavy atom. The summed E-state index contributed by atoms with van der Waals surface area (Å²) >= 11 is 0. The Kier molecular flexibility index (Phi) is 5.91. The van der Waals surface area contributed by atoms with Crippen LogP contribution < -0.4 is 10.6 Å². The second-order valence-corrected chi connectivity index (χ2v) is 4.78. The minimum absolute atomic E-state index is 0.565. The van der Waals surface area contributed by atoms with Gasteiger partial charge in [-0.05, 0) is 11.1 Å². The van der Waals surface area contributed by atoms with E-state index in [1.54, 1.807) is 18.8 Å². The number of guanidine groups is 1. The molecular formula is C15H22N6O. The monoisotopic (exact) mass is 302 g/mol. The zero-order chi connectivity index (χ0) is 15.8. The predicted octanol–water partition coefficient (Wildman–Crippen LogP) is 0.827. The van der Waals surface area contributed by atoms with Crippen LogP contribution in [0.4, 0.5) is 0 Å². The highest BCUT2D eigenvalue weighted by Crippen LogP contribution is 2.09. The number of nitrogens with zero attached hydrogens (tertiary/aromatic N) is 4. The Hall–Kier alpha value is -2.41. The first-order chi connectivity index (χ1) is 10.7. The molecule has 2 N–H and O–H groups in total. The summed E-state index contributed by atoms with van der Waals surface area (Å²) in [4.78, 5) is 8.38. The molecule has 0 unspecified atom stereocenters. The number of hydrogen-bond acceptors (Lipinski definition) is 4. The molecule has 0 saturated heterocycles. The Labute approximate surface area is 130 Å². The fourth-order valence-corrected chi connectivity index (χ4v) is 2.07. The highest BCUT2D eigenvalue weighted by molar-refractivity contribution is 5.79. The third-order valence-corrected chi connectivity index (χ3v) is 3.31. The minimum Gasteiger partial charge on any atom is -0.380 e. The molecule has 7 nitrogen and oxygen atoms in total. The van der Waals surface area contributed by atoms with E-state index >= 15 is 0 Å². The van der Waals surface area contributed by atoms with Crippen LogP contribution in [0.3, 0.4) is 0 Å². The number of hydrogen-bond donors (Lipinski definition) is 2. The van der Waals surface area contributed by atoms with E-state index in [4.69, 9.17) is 4.74 Å². The molecule has 1 heterocycles. The van der Waals surface area contributed by atoms with Crippen molar-refractivity contribution in [2.45, 2.75) is 19.7 Å². The zero-order valence-electron chi connectivity index (χ0n) is 13.2. The van der Waals surface area contributed by atoms with Crippen molar-refractivity contribution < 1.29 is 4.74 Å². The largest absolute Gasteiger partial charge is 0.380 e.